The number of hydrogen-bond acceptors (Lipinski definition) is 1. The Kier molecular flexibility index (Phi) is 10.1. The van der Waals surface area contributed by atoms with Crippen LogP contribution in [0.4, 0.5) is 0 Å². The Morgan fingerprint density at radius 3 is 2.14 bits per heavy atom. The summed E-state index contributed by atoms with van der Waals surface area (Å²) in [6.07, 6.45) is 12.0. The van der Waals surface area contributed by atoms with Gasteiger partial charge in [-0.15, -0.1) is 0 Å². The predicted molar refractivity (Wildman–Crippen MR) is 122 cm³/mol. The Morgan fingerprint density at radius 1 is 0.964 bits per heavy atom. The minimum absolute atomic E-state index is 0.207. The molecule has 0 radical (unpaired) electrons. The van der Waals surface area contributed by atoms with Gasteiger partial charge in [-0.2, -0.15) is 0 Å². The van der Waals surface area contributed by atoms with E-state index in [0.29, 0.717) is 18.4 Å². The van der Waals surface area contributed by atoms with E-state index in [0.717, 1.165) is 16.9 Å². The first-order valence-corrected chi connectivity index (χ1v) is 16.2. The van der Waals surface area contributed by atoms with Gasteiger partial charge in [-0.1, -0.05) is 60.2 Å². The monoisotopic (exact) mass is 422 g/mol. The fourth-order valence-electron chi connectivity index (χ4n) is 2.68. The first kappa shape index (κ1) is 22.4. The molecule has 0 atom stereocenters. The van der Waals surface area contributed by atoms with Gasteiger partial charge in [0.15, 0.2) is 0 Å². The molecule has 0 aliphatic heterocycles. The number of benzene rings is 2. The Morgan fingerprint density at radius 2 is 1.61 bits per heavy atom. The maximum absolute atomic E-state index is 5.72. The van der Waals surface area contributed by atoms with Crippen molar-refractivity contribution in [1.82, 2.24) is 0 Å². The van der Waals surface area contributed by atoms with Crippen molar-refractivity contribution in [3.8, 4) is 5.75 Å². The molecule has 0 saturated heterocycles. The molecule has 28 heavy (non-hydrogen) atoms. The van der Waals surface area contributed by atoms with E-state index in [1.54, 1.807) is 10.1 Å². The molecule has 0 saturated carbocycles. The van der Waals surface area contributed by atoms with Gasteiger partial charge < -0.3 is 4.74 Å². The van der Waals surface area contributed by atoms with Gasteiger partial charge in [-0.25, -0.2) is 0 Å². The van der Waals surface area contributed by atoms with Crippen molar-refractivity contribution in [2.24, 2.45) is 0 Å². The Balaban J connectivity index is 0.000000261. The predicted octanol–water partition coefficient (Wildman–Crippen LogP) is 6.97. The molecule has 1 aliphatic rings. The summed E-state index contributed by atoms with van der Waals surface area (Å²) in [4.78, 5) is 0. The standard InChI is InChI=1S/C18H18O.C5H5.C2H7Si.Ti/c1-15(2)13-17(16-9-5-3-6-10-16)14-19-18-11-7-4-8-12-18;1-2-4-5-3-1;1-3-2;/h3-14H,1-2H3;1-3H,4H2;3H,1-2H3;. The molecule has 2 aromatic carbocycles. The number of ether oxygens (including phenoxy) is 1. The van der Waals surface area contributed by atoms with Gasteiger partial charge in [0.25, 0.3) is 0 Å². The molecule has 0 aromatic heterocycles. The molecular formula is C25H30OSiTi. The van der Waals surface area contributed by atoms with Crippen LogP contribution in [0.15, 0.2) is 101 Å². The summed E-state index contributed by atoms with van der Waals surface area (Å²) in [5.41, 5.74) is 3.47. The number of rotatable bonds is 6. The van der Waals surface area contributed by atoms with Crippen LogP contribution >= 0.6 is 0 Å². The first-order chi connectivity index (χ1) is 13.5. The van der Waals surface area contributed by atoms with Crippen molar-refractivity contribution in [2.45, 2.75) is 33.4 Å². The molecular weight excluding hydrogens is 392 g/mol. The van der Waals surface area contributed by atoms with Gasteiger partial charge in [0, 0.05) is 5.57 Å². The van der Waals surface area contributed by atoms with Crippen LogP contribution in [0.2, 0.25) is 13.1 Å². The van der Waals surface area contributed by atoms with E-state index in [4.69, 9.17) is 4.74 Å². The van der Waals surface area contributed by atoms with E-state index in [2.05, 4.69) is 63.4 Å². The zero-order chi connectivity index (χ0) is 20.2. The van der Waals surface area contributed by atoms with Crippen molar-refractivity contribution < 1.29 is 23.1 Å². The SMILES string of the molecule is CC(C)=CC(=COc1ccccc1)c1ccccc1.C[SiH](C)[Ti][C]1=CC=CC1. The van der Waals surface area contributed by atoms with Crippen LogP contribution in [0.25, 0.3) is 5.57 Å². The molecule has 0 N–H and O–H groups in total. The first-order valence-electron chi connectivity index (χ1n) is 9.79. The zero-order valence-corrected chi connectivity index (χ0v) is 20.1. The van der Waals surface area contributed by atoms with Crippen LogP contribution < -0.4 is 4.74 Å². The third-order valence-corrected chi connectivity index (χ3v) is 9.83. The van der Waals surface area contributed by atoms with Crippen molar-refractivity contribution in [1.29, 1.82) is 0 Å². The van der Waals surface area contributed by atoms with Crippen LogP contribution in [0, 0.1) is 0 Å². The van der Waals surface area contributed by atoms with Crippen LogP contribution in [-0.4, -0.2) is 6.66 Å². The van der Waals surface area contributed by atoms with E-state index in [-0.39, 0.29) is 6.66 Å². The van der Waals surface area contributed by atoms with Crippen molar-refractivity contribution >= 4 is 12.2 Å². The van der Waals surface area contributed by atoms with E-state index >= 15 is 0 Å². The van der Waals surface area contributed by atoms with Crippen LogP contribution in [0.3, 0.4) is 0 Å². The van der Waals surface area contributed by atoms with Gasteiger partial charge in [-0.3, -0.25) is 0 Å². The second-order valence-corrected chi connectivity index (χ2v) is 17.6. The van der Waals surface area contributed by atoms with Gasteiger partial charge in [0.1, 0.15) is 5.75 Å². The number of para-hydroxylation sites is 1. The van der Waals surface area contributed by atoms with Crippen molar-refractivity contribution in [3.63, 3.8) is 0 Å². The second kappa shape index (κ2) is 12.6. The summed E-state index contributed by atoms with van der Waals surface area (Å²) in [6, 6.07) is 20.0. The number of allylic oxidation sites excluding steroid dienone is 7. The molecule has 3 rings (SSSR count). The van der Waals surface area contributed by atoms with E-state index in [1.807, 2.05) is 48.5 Å². The van der Waals surface area contributed by atoms with E-state index < -0.39 is 0 Å². The average Bonchev–Trinajstić information content (AvgIpc) is 3.19. The molecule has 0 spiro atoms. The molecule has 0 unspecified atom stereocenters. The third-order valence-electron chi connectivity index (χ3n) is 3.86. The van der Waals surface area contributed by atoms with Gasteiger partial charge in [-0.05, 0) is 31.5 Å². The summed E-state index contributed by atoms with van der Waals surface area (Å²) >= 11 is 0.375. The molecule has 0 fully saturated rings. The quantitative estimate of drug-likeness (QED) is 0.278. The van der Waals surface area contributed by atoms with Crippen LogP contribution in [0.5, 0.6) is 5.75 Å². The maximum atomic E-state index is 5.72. The summed E-state index contributed by atoms with van der Waals surface area (Å²) in [6.45, 7) is 8.87. The van der Waals surface area contributed by atoms with Crippen LogP contribution in [-0.2, 0) is 18.4 Å². The normalized spacial score (nSPS) is 12.8. The molecule has 0 amide bonds. The van der Waals surface area contributed by atoms with Crippen molar-refractivity contribution in [2.75, 3.05) is 0 Å². The Bertz CT molecular complexity index is 829. The Labute approximate surface area is 180 Å². The fraction of sp³-hybridized carbons (Fsp3) is 0.200. The van der Waals surface area contributed by atoms with E-state index in [9.17, 15) is 0 Å². The van der Waals surface area contributed by atoms with Gasteiger partial charge in [0.05, 0.1) is 6.26 Å². The second-order valence-electron chi connectivity index (χ2n) is 7.22. The topological polar surface area (TPSA) is 9.23 Å². The summed E-state index contributed by atoms with van der Waals surface area (Å²) < 4.78 is 7.49. The fourth-order valence-corrected chi connectivity index (χ4v) is 8.45. The third kappa shape index (κ3) is 8.88. The van der Waals surface area contributed by atoms with Gasteiger partial charge >= 0.3 is 66.7 Å². The molecule has 1 aliphatic carbocycles. The molecule has 144 valence electrons. The number of hydrogen-bond donors (Lipinski definition) is 0. The average molecular weight is 422 g/mol. The summed E-state index contributed by atoms with van der Waals surface area (Å²) in [7, 11) is 0. The Hall–Kier alpha value is -1.87. The molecule has 2 aromatic rings. The van der Waals surface area contributed by atoms with Crippen molar-refractivity contribution in [3.05, 3.63) is 106 Å². The zero-order valence-electron chi connectivity index (χ0n) is 17.4. The van der Waals surface area contributed by atoms with E-state index in [1.165, 1.54) is 12.0 Å². The minimum atomic E-state index is -0.207. The molecule has 3 heteroatoms. The molecule has 0 heterocycles. The van der Waals surface area contributed by atoms with Gasteiger partial charge in [0.2, 0.25) is 0 Å². The molecule has 1 nitrogen and oxygen atoms in total. The summed E-state index contributed by atoms with van der Waals surface area (Å²) in [5.74, 6) is 0.845. The van der Waals surface area contributed by atoms with Crippen LogP contribution in [0.1, 0.15) is 25.8 Å². The molecule has 0 bridgehead atoms. The summed E-state index contributed by atoms with van der Waals surface area (Å²) in [5, 5.41) is 0.